The van der Waals surface area contributed by atoms with Crippen molar-refractivity contribution in [3.05, 3.63) is 53.6 Å². The second kappa shape index (κ2) is 13.4. The first-order chi connectivity index (χ1) is 15.9. The number of nitrogens with one attached hydrogen (secondary N) is 1. The maximum absolute atomic E-state index is 12.2. The van der Waals surface area contributed by atoms with Crippen molar-refractivity contribution in [2.75, 3.05) is 13.2 Å². The standard InChI is InChI=1S/C27H36N2O4/c1-4-9-26(30)29(6-3)25(28)13-8-11-20-10-7-12-21(17-20)22-14-15-24(33-16-5-2)23(18-22)19-27(31)32/h7,10,12,14-15,17-18,28H,4-6,8-9,11,13,16,19H2,1-3H3,(H,31,32). The minimum absolute atomic E-state index is 0.0236. The zero-order valence-corrected chi connectivity index (χ0v) is 20.0. The largest absolute Gasteiger partial charge is 0.493 e. The van der Waals surface area contributed by atoms with Crippen molar-refractivity contribution in [1.82, 2.24) is 4.90 Å². The van der Waals surface area contributed by atoms with Crippen LogP contribution in [0.3, 0.4) is 0 Å². The Morgan fingerprint density at radius 1 is 1.00 bits per heavy atom. The summed E-state index contributed by atoms with van der Waals surface area (Å²) in [4.78, 5) is 25.1. The molecule has 0 aliphatic rings. The van der Waals surface area contributed by atoms with Gasteiger partial charge in [-0.3, -0.25) is 15.0 Å². The Morgan fingerprint density at radius 2 is 1.76 bits per heavy atom. The van der Waals surface area contributed by atoms with E-state index in [1.165, 1.54) is 0 Å². The van der Waals surface area contributed by atoms with Gasteiger partial charge in [0.15, 0.2) is 0 Å². The van der Waals surface area contributed by atoms with Crippen molar-refractivity contribution in [3.8, 4) is 16.9 Å². The van der Waals surface area contributed by atoms with Gasteiger partial charge < -0.3 is 14.7 Å². The van der Waals surface area contributed by atoms with Crippen LogP contribution in [0, 0.1) is 5.41 Å². The minimum Gasteiger partial charge on any atom is -0.493 e. The zero-order chi connectivity index (χ0) is 24.2. The molecule has 6 heteroatoms. The number of benzene rings is 2. The van der Waals surface area contributed by atoms with Crippen LogP contribution < -0.4 is 4.74 Å². The predicted octanol–water partition coefficient (Wildman–Crippen LogP) is 5.72. The molecule has 2 aromatic carbocycles. The van der Waals surface area contributed by atoms with Gasteiger partial charge in [-0.2, -0.15) is 0 Å². The van der Waals surface area contributed by atoms with E-state index in [1.807, 2.05) is 51.1 Å². The lowest BCUT2D eigenvalue weighted by atomic mass is 9.97. The molecule has 0 spiro atoms. The lowest BCUT2D eigenvalue weighted by Crippen LogP contribution is -2.36. The van der Waals surface area contributed by atoms with E-state index in [1.54, 1.807) is 4.90 Å². The predicted molar refractivity (Wildman–Crippen MR) is 132 cm³/mol. The summed E-state index contributed by atoms with van der Waals surface area (Å²) in [6, 6.07) is 13.9. The van der Waals surface area contributed by atoms with Gasteiger partial charge in [0, 0.05) is 24.9 Å². The number of amidine groups is 1. The van der Waals surface area contributed by atoms with E-state index in [4.69, 9.17) is 10.1 Å². The molecule has 0 heterocycles. The number of ether oxygens (including phenoxy) is 1. The molecule has 0 unspecified atom stereocenters. The molecular weight excluding hydrogens is 416 g/mol. The van der Waals surface area contributed by atoms with Crippen molar-refractivity contribution in [3.63, 3.8) is 0 Å². The highest BCUT2D eigenvalue weighted by atomic mass is 16.5. The van der Waals surface area contributed by atoms with Crippen molar-refractivity contribution >= 4 is 17.7 Å². The van der Waals surface area contributed by atoms with Crippen LogP contribution in [0.1, 0.15) is 64.0 Å². The second-order valence-electron chi connectivity index (χ2n) is 8.13. The van der Waals surface area contributed by atoms with Crippen LogP contribution in [-0.2, 0) is 22.4 Å². The fourth-order valence-electron chi connectivity index (χ4n) is 3.78. The Labute approximate surface area is 197 Å². The number of aliphatic carboxylic acids is 1. The van der Waals surface area contributed by atoms with Gasteiger partial charge >= 0.3 is 5.97 Å². The zero-order valence-electron chi connectivity index (χ0n) is 20.0. The van der Waals surface area contributed by atoms with Crippen LogP contribution in [-0.4, -0.2) is 40.9 Å². The molecule has 1 amide bonds. The highest BCUT2D eigenvalue weighted by Gasteiger charge is 2.15. The van der Waals surface area contributed by atoms with Crippen LogP contribution in [0.2, 0.25) is 0 Å². The Hall–Kier alpha value is -3.15. The van der Waals surface area contributed by atoms with E-state index in [2.05, 4.69) is 12.1 Å². The molecule has 178 valence electrons. The Kier molecular flexibility index (Phi) is 10.6. The van der Waals surface area contributed by atoms with Gasteiger partial charge in [0.25, 0.3) is 0 Å². The number of carbonyl (C=O) groups is 2. The summed E-state index contributed by atoms with van der Waals surface area (Å²) in [7, 11) is 0. The van der Waals surface area contributed by atoms with E-state index >= 15 is 0 Å². The van der Waals surface area contributed by atoms with Crippen LogP contribution in [0.15, 0.2) is 42.5 Å². The summed E-state index contributed by atoms with van der Waals surface area (Å²) in [5, 5.41) is 17.6. The molecule has 0 atom stereocenters. The molecule has 0 bridgehead atoms. The van der Waals surface area contributed by atoms with Crippen LogP contribution >= 0.6 is 0 Å². The van der Waals surface area contributed by atoms with Gasteiger partial charge in [-0.15, -0.1) is 0 Å². The first-order valence-electron chi connectivity index (χ1n) is 11.8. The highest BCUT2D eigenvalue weighted by molar-refractivity contribution is 5.96. The third-order valence-corrected chi connectivity index (χ3v) is 5.41. The van der Waals surface area contributed by atoms with Crippen molar-refractivity contribution < 1.29 is 19.4 Å². The molecule has 6 nitrogen and oxygen atoms in total. The van der Waals surface area contributed by atoms with Gasteiger partial charge in [0.2, 0.25) is 5.91 Å². The fourth-order valence-corrected chi connectivity index (χ4v) is 3.78. The van der Waals surface area contributed by atoms with Crippen LogP contribution in [0.5, 0.6) is 5.75 Å². The molecule has 33 heavy (non-hydrogen) atoms. The number of nitrogens with zero attached hydrogens (tertiary/aromatic N) is 1. The number of hydrogen-bond donors (Lipinski definition) is 2. The summed E-state index contributed by atoms with van der Waals surface area (Å²) < 4.78 is 5.73. The fraction of sp³-hybridized carbons (Fsp3) is 0.444. The summed E-state index contributed by atoms with van der Waals surface area (Å²) >= 11 is 0. The maximum Gasteiger partial charge on any atom is 0.307 e. The van der Waals surface area contributed by atoms with Gasteiger partial charge in [-0.1, -0.05) is 44.2 Å². The summed E-state index contributed by atoms with van der Waals surface area (Å²) in [5.41, 5.74) is 3.79. The van der Waals surface area contributed by atoms with Gasteiger partial charge in [0.05, 0.1) is 13.0 Å². The Bertz CT molecular complexity index is 955. The highest BCUT2D eigenvalue weighted by Crippen LogP contribution is 2.28. The number of aryl methyl sites for hydroxylation is 1. The monoisotopic (exact) mass is 452 g/mol. The molecule has 0 radical (unpaired) electrons. The lowest BCUT2D eigenvalue weighted by molar-refractivity contribution is -0.136. The van der Waals surface area contributed by atoms with E-state index in [0.717, 1.165) is 42.4 Å². The third-order valence-electron chi connectivity index (χ3n) is 5.41. The number of amides is 1. The number of carbonyl (C=O) groups excluding carboxylic acids is 1. The van der Waals surface area contributed by atoms with Gasteiger partial charge in [-0.05, 0) is 61.4 Å². The van der Waals surface area contributed by atoms with Crippen molar-refractivity contribution in [2.24, 2.45) is 0 Å². The molecule has 0 saturated carbocycles. The average Bonchev–Trinajstić information content (AvgIpc) is 2.78. The van der Waals surface area contributed by atoms with Crippen molar-refractivity contribution in [1.29, 1.82) is 5.41 Å². The Balaban J connectivity index is 2.09. The van der Waals surface area contributed by atoms with Crippen molar-refractivity contribution in [2.45, 2.75) is 65.7 Å². The lowest BCUT2D eigenvalue weighted by Gasteiger charge is -2.21. The second-order valence-corrected chi connectivity index (χ2v) is 8.13. The third kappa shape index (κ3) is 8.04. The quantitative estimate of drug-likeness (QED) is 0.300. The molecular formula is C27H36N2O4. The first-order valence-corrected chi connectivity index (χ1v) is 11.8. The van der Waals surface area contributed by atoms with Crippen LogP contribution in [0.25, 0.3) is 11.1 Å². The van der Waals surface area contributed by atoms with Crippen LogP contribution in [0.4, 0.5) is 0 Å². The van der Waals surface area contributed by atoms with Gasteiger partial charge in [0.1, 0.15) is 11.6 Å². The molecule has 2 N–H and O–H groups in total. The molecule has 0 fully saturated rings. The SMILES string of the molecule is CCCOc1ccc(-c2cccc(CCCC(=N)N(CC)C(=O)CCC)c2)cc1CC(=O)O. The molecule has 0 aliphatic carbocycles. The topological polar surface area (TPSA) is 90.7 Å². The first kappa shape index (κ1) is 26.1. The molecule has 2 aromatic rings. The van der Waals surface area contributed by atoms with E-state index in [-0.39, 0.29) is 12.3 Å². The number of carboxylic acids is 1. The smallest absolute Gasteiger partial charge is 0.307 e. The summed E-state index contributed by atoms with van der Waals surface area (Å²) in [6.07, 6.45) is 4.18. The van der Waals surface area contributed by atoms with Gasteiger partial charge in [-0.25, -0.2) is 0 Å². The Morgan fingerprint density at radius 3 is 2.42 bits per heavy atom. The molecule has 0 aromatic heterocycles. The molecule has 0 saturated heterocycles. The maximum atomic E-state index is 12.2. The molecule has 2 rings (SSSR count). The van der Waals surface area contributed by atoms with E-state index in [9.17, 15) is 14.7 Å². The number of carboxylic acid groups (broad SMARTS) is 1. The average molecular weight is 453 g/mol. The molecule has 0 aliphatic heterocycles. The van der Waals surface area contributed by atoms with E-state index in [0.29, 0.717) is 43.1 Å². The normalized spacial score (nSPS) is 10.6. The minimum atomic E-state index is -0.886. The van der Waals surface area contributed by atoms with E-state index < -0.39 is 5.97 Å². The number of hydrogen-bond acceptors (Lipinski definition) is 4. The summed E-state index contributed by atoms with van der Waals surface area (Å²) in [6.45, 7) is 6.97. The number of rotatable bonds is 13. The summed E-state index contributed by atoms with van der Waals surface area (Å²) in [5.74, 6) is 0.141.